The monoisotopic (exact) mass is 213 g/mol. The summed E-state index contributed by atoms with van der Waals surface area (Å²) < 4.78 is 0. The Morgan fingerprint density at radius 3 is 2.64 bits per heavy atom. The highest BCUT2D eigenvalue weighted by molar-refractivity contribution is 6.31. The van der Waals surface area contributed by atoms with Gasteiger partial charge in [0.15, 0.2) is 11.4 Å². The topological polar surface area (TPSA) is 46.1 Å². The van der Waals surface area contributed by atoms with E-state index in [1.54, 1.807) is 0 Å². The lowest BCUT2D eigenvalue weighted by Crippen LogP contribution is -2.26. The maximum Gasteiger partial charge on any atom is 0.171 e. The number of carbonyl (C=O) groups is 1. The van der Waals surface area contributed by atoms with Crippen LogP contribution < -0.4 is 4.90 Å². The van der Waals surface area contributed by atoms with Gasteiger partial charge >= 0.3 is 0 Å². The van der Waals surface area contributed by atoms with Crippen LogP contribution in [0.25, 0.3) is 0 Å². The van der Waals surface area contributed by atoms with Crippen LogP contribution in [-0.2, 0) is 0 Å². The normalized spacial score (nSPS) is 10.4. The molecule has 1 aromatic heterocycles. The van der Waals surface area contributed by atoms with Gasteiger partial charge in [-0.1, -0.05) is 11.6 Å². The van der Waals surface area contributed by atoms with Gasteiger partial charge in [-0.05, 0) is 13.8 Å². The summed E-state index contributed by atoms with van der Waals surface area (Å²) in [6, 6.07) is 0.308. The number of hydrogen-bond acceptors (Lipinski definition) is 4. The van der Waals surface area contributed by atoms with Gasteiger partial charge in [0, 0.05) is 13.1 Å². The predicted molar refractivity (Wildman–Crippen MR) is 56.0 cm³/mol. The second-order valence-corrected chi connectivity index (χ2v) is 3.58. The minimum absolute atomic E-state index is 0.144. The average Bonchev–Trinajstić information content (AvgIpc) is 2.16. The first-order chi connectivity index (χ1) is 6.56. The lowest BCUT2D eigenvalue weighted by atomic mass is 10.3. The molecular weight excluding hydrogens is 202 g/mol. The lowest BCUT2D eigenvalue weighted by Gasteiger charge is -2.22. The first-order valence-corrected chi connectivity index (χ1v) is 4.64. The van der Waals surface area contributed by atoms with Crippen LogP contribution >= 0.6 is 11.6 Å². The zero-order valence-electron chi connectivity index (χ0n) is 8.36. The van der Waals surface area contributed by atoms with Crippen molar-refractivity contribution in [1.29, 1.82) is 0 Å². The van der Waals surface area contributed by atoms with Crippen molar-refractivity contribution in [1.82, 2.24) is 9.97 Å². The molecule has 0 bridgehead atoms. The van der Waals surface area contributed by atoms with Crippen molar-refractivity contribution in [2.45, 2.75) is 19.9 Å². The largest absolute Gasteiger partial charge is 0.356 e. The number of rotatable bonds is 3. The van der Waals surface area contributed by atoms with Gasteiger partial charge in [0.1, 0.15) is 11.5 Å². The highest BCUT2D eigenvalue weighted by Gasteiger charge is 2.09. The molecule has 0 aromatic carbocycles. The van der Waals surface area contributed by atoms with E-state index in [2.05, 4.69) is 9.97 Å². The van der Waals surface area contributed by atoms with E-state index in [1.165, 1.54) is 6.20 Å². The molecular formula is C9H12ClN3O. The quantitative estimate of drug-likeness (QED) is 0.719. The molecule has 5 heteroatoms. The second-order valence-electron chi connectivity index (χ2n) is 3.23. The third-order valence-corrected chi connectivity index (χ3v) is 2.27. The van der Waals surface area contributed by atoms with Crippen molar-refractivity contribution in [3.8, 4) is 0 Å². The van der Waals surface area contributed by atoms with Gasteiger partial charge in [0.25, 0.3) is 0 Å². The van der Waals surface area contributed by atoms with Crippen LogP contribution in [0.3, 0.4) is 0 Å². The Morgan fingerprint density at radius 1 is 1.57 bits per heavy atom. The summed E-state index contributed by atoms with van der Waals surface area (Å²) in [5.41, 5.74) is 0.174. The van der Waals surface area contributed by atoms with Crippen molar-refractivity contribution < 1.29 is 4.79 Å². The molecule has 0 saturated heterocycles. The van der Waals surface area contributed by atoms with Crippen molar-refractivity contribution in [3.63, 3.8) is 0 Å². The fourth-order valence-electron chi connectivity index (χ4n) is 0.881. The van der Waals surface area contributed by atoms with Crippen LogP contribution in [0.15, 0.2) is 6.20 Å². The summed E-state index contributed by atoms with van der Waals surface area (Å²) >= 11 is 5.75. The van der Waals surface area contributed by atoms with E-state index >= 15 is 0 Å². The number of carbonyl (C=O) groups excluding carboxylic acids is 1. The van der Waals surface area contributed by atoms with Gasteiger partial charge in [-0.25, -0.2) is 9.97 Å². The van der Waals surface area contributed by atoms with E-state index in [0.29, 0.717) is 18.1 Å². The molecule has 0 spiro atoms. The SMILES string of the molecule is CC(C)N(C)c1cnc(C=O)c(Cl)n1. The van der Waals surface area contributed by atoms with Gasteiger partial charge in [0.05, 0.1) is 6.20 Å². The zero-order valence-corrected chi connectivity index (χ0v) is 9.12. The van der Waals surface area contributed by atoms with Gasteiger partial charge in [-0.2, -0.15) is 0 Å². The summed E-state index contributed by atoms with van der Waals surface area (Å²) in [5.74, 6) is 0.663. The van der Waals surface area contributed by atoms with Crippen molar-refractivity contribution in [3.05, 3.63) is 17.0 Å². The van der Waals surface area contributed by atoms with E-state index in [1.807, 2.05) is 25.8 Å². The maximum absolute atomic E-state index is 10.4. The van der Waals surface area contributed by atoms with Crippen LogP contribution in [0.1, 0.15) is 24.3 Å². The molecule has 0 radical (unpaired) electrons. The molecule has 0 aliphatic heterocycles. The van der Waals surface area contributed by atoms with Crippen LogP contribution in [0.5, 0.6) is 0 Å². The highest BCUT2D eigenvalue weighted by Crippen LogP contribution is 2.15. The van der Waals surface area contributed by atoms with Crippen molar-refractivity contribution in [2.75, 3.05) is 11.9 Å². The number of aromatic nitrogens is 2. The van der Waals surface area contributed by atoms with Crippen LogP contribution in [-0.4, -0.2) is 29.3 Å². The standard InChI is InChI=1S/C9H12ClN3O/c1-6(2)13(3)8-4-11-7(5-14)9(10)12-8/h4-6H,1-3H3. The molecule has 0 amide bonds. The van der Waals surface area contributed by atoms with E-state index in [-0.39, 0.29) is 10.8 Å². The first kappa shape index (κ1) is 10.9. The van der Waals surface area contributed by atoms with Crippen molar-refractivity contribution >= 4 is 23.7 Å². The number of nitrogens with zero attached hydrogens (tertiary/aromatic N) is 3. The van der Waals surface area contributed by atoms with Gasteiger partial charge in [-0.15, -0.1) is 0 Å². The summed E-state index contributed by atoms with van der Waals surface area (Å²) in [5, 5.41) is 0.144. The Balaban J connectivity index is 3.02. The van der Waals surface area contributed by atoms with Gasteiger partial charge in [-0.3, -0.25) is 4.79 Å². The van der Waals surface area contributed by atoms with Crippen LogP contribution in [0.2, 0.25) is 5.15 Å². The Kier molecular flexibility index (Phi) is 3.41. The molecule has 14 heavy (non-hydrogen) atoms. The summed E-state index contributed by atoms with van der Waals surface area (Å²) in [6.45, 7) is 4.06. The molecule has 1 heterocycles. The Hall–Kier alpha value is -1.16. The van der Waals surface area contributed by atoms with E-state index in [4.69, 9.17) is 11.6 Å². The Bertz CT molecular complexity index is 341. The van der Waals surface area contributed by atoms with Crippen LogP contribution in [0.4, 0.5) is 5.82 Å². The smallest absolute Gasteiger partial charge is 0.171 e. The molecule has 4 nitrogen and oxygen atoms in total. The molecule has 0 aliphatic carbocycles. The molecule has 1 aromatic rings. The molecule has 0 N–H and O–H groups in total. The molecule has 0 fully saturated rings. The third-order valence-electron chi connectivity index (χ3n) is 1.99. The van der Waals surface area contributed by atoms with Crippen LogP contribution in [0, 0.1) is 0 Å². The number of anilines is 1. The lowest BCUT2D eigenvalue weighted by molar-refractivity contribution is 0.111. The number of halogens is 1. The van der Waals surface area contributed by atoms with E-state index < -0.39 is 0 Å². The summed E-state index contributed by atoms with van der Waals surface area (Å²) in [6.07, 6.45) is 2.13. The van der Waals surface area contributed by atoms with E-state index in [0.717, 1.165) is 0 Å². The predicted octanol–water partition coefficient (Wildman–Crippen LogP) is 1.79. The fourth-order valence-corrected chi connectivity index (χ4v) is 1.06. The van der Waals surface area contributed by atoms with Crippen molar-refractivity contribution in [2.24, 2.45) is 0 Å². The van der Waals surface area contributed by atoms with E-state index in [9.17, 15) is 4.79 Å². The molecule has 0 aliphatic rings. The Labute approximate surface area is 87.9 Å². The average molecular weight is 214 g/mol. The zero-order chi connectivity index (χ0) is 10.7. The maximum atomic E-state index is 10.4. The molecule has 0 atom stereocenters. The van der Waals surface area contributed by atoms with Gasteiger partial charge < -0.3 is 4.90 Å². The summed E-state index contributed by atoms with van der Waals surface area (Å²) in [7, 11) is 1.89. The highest BCUT2D eigenvalue weighted by atomic mass is 35.5. The number of hydrogen-bond donors (Lipinski definition) is 0. The second kappa shape index (κ2) is 4.37. The molecule has 1 rings (SSSR count). The fraction of sp³-hybridized carbons (Fsp3) is 0.444. The van der Waals surface area contributed by atoms with Gasteiger partial charge in [0.2, 0.25) is 0 Å². The molecule has 0 unspecified atom stereocenters. The minimum atomic E-state index is 0.144. The first-order valence-electron chi connectivity index (χ1n) is 4.26. The third kappa shape index (κ3) is 2.20. The number of aldehydes is 1. The summed E-state index contributed by atoms with van der Waals surface area (Å²) in [4.78, 5) is 20.3. The molecule has 0 saturated carbocycles. The Morgan fingerprint density at radius 2 is 2.21 bits per heavy atom. The molecule has 76 valence electrons. The minimum Gasteiger partial charge on any atom is -0.356 e.